The molecule has 0 aromatic carbocycles. The molecule has 0 radical (unpaired) electrons. The minimum atomic E-state index is -0.473. The van der Waals surface area contributed by atoms with E-state index in [9.17, 15) is 9.59 Å². The first-order chi connectivity index (χ1) is 7.83. The van der Waals surface area contributed by atoms with Crippen LogP contribution >= 0.6 is 0 Å². The summed E-state index contributed by atoms with van der Waals surface area (Å²) in [6, 6.07) is 0. The van der Waals surface area contributed by atoms with Gasteiger partial charge in [0.05, 0.1) is 6.42 Å². The van der Waals surface area contributed by atoms with Crippen LogP contribution in [-0.2, 0) is 14.3 Å². The molecule has 0 aromatic rings. The summed E-state index contributed by atoms with van der Waals surface area (Å²) in [5, 5.41) is 0. The number of allylic oxidation sites excluding steroid dienone is 1. The van der Waals surface area contributed by atoms with Gasteiger partial charge >= 0.3 is 5.97 Å². The largest absolute Gasteiger partial charge is 0.460 e. The zero-order chi connectivity index (χ0) is 13.1. The van der Waals surface area contributed by atoms with Gasteiger partial charge in [0.1, 0.15) is 11.4 Å². The molecule has 0 bridgehead atoms. The summed E-state index contributed by atoms with van der Waals surface area (Å²) in [7, 11) is 0. The lowest BCUT2D eigenvalue weighted by Crippen LogP contribution is -2.26. The molecule has 17 heavy (non-hydrogen) atoms. The van der Waals surface area contributed by atoms with Gasteiger partial charge in [-0.15, -0.1) is 6.58 Å². The van der Waals surface area contributed by atoms with Crippen LogP contribution in [0.3, 0.4) is 0 Å². The Morgan fingerprint density at radius 1 is 1.41 bits per heavy atom. The van der Waals surface area contributed by atoms with E-state index >= 15 is 0 Å². The second kappa shape index (κ2) is 5.48. The van der Waals surface area contributed by atoms with Gasteiger partial charge in [0, 0.05) is 11.8 Å². The van der Waals surface area contributed by atoms with Crippen LogP contribution < -0.4 is 0 Å². The van der Waals surface area contributed by atoms with Gasteiger partial charge in [-0.1, -0.05) is 6.08 Å². The molecular formula is C14H22O3. The van der Waals surface area contributed by atoms with E-state index in [-0.39, 0.29) is 30.0 Å². The Labute approximate surface area is 103 Å². The molecule has 0 amide bonds. The SMILES string of the molecule is C=CCC1CCC(CC(=O)OC(C)(C)C)C1=O. The van der Waals surface area contributed by atoms with Crippen LogP contribution in [0.1, 0.15) is 46.5 Å². The van der Waals surface area contributed by atoms with E-state index < -0.39 is 5.60 Å². The summed E-state index contributed by atoms with van der Waals surface area (Å²) in [5.74, 6) is -0.138. The molecule has 96 valence electrons. The summed E-state index contributed by atoms with van der Waals surface area (Å²) in [5.41, 5.74) is -0.473. The van der Waals surface area contributed by atoms with Crippen LogP contribution in [0.2, 0.25) is 0 Å². The summed E-state index contributed by atoms with van der Waals surface area (Å²) in [6.45, 7) is 9.15. The number of ether oxygens (including phenoxy) is 1. The number of ketones is 1. The Morgan fingerprint density at radius 3 is 2.53 bits per heavy atom. The first-order valence-corrected chi connectivity index (χ1v) is 6.20. The smallest absolute Gasteiger partial charge is 0.307 e. The van der Waals surface area contributed by atoms with Crippen molar-refractivity contribution in [2.24, 2.45) is 11.8 Å². The Bertz CT molecular complexity index is 312. The van der Waals surface area contributed by atoms with E-state index in [0.29, 0.717) is 0 Å². The van der Waals surface area contributed by atoms with Gasteiger partial charge in [-0.05, 0) is 40.0 Å². The fourth-order valence-electron chi connectivity index (χ4n) is 2.24. The molecule has 1 aliphatic rings. The number of Topliss-reactive ketones (excluding diaryl/α,β-unsaturated/α-hetero) is 1. The predicted octanol–water partition coefficient (Wildman–Crippen LogP) is 2.89. The topological polar surface area (TPSA) is 43.4 Å². The molecule has 1 saturated carbocycles. The minimum Gasteiger partial charge on any atom is -0.460 e. The second-order valence-electron chi connectivity index (χ2n) is 5.69. The van der Waals surface area contributed by atoms with Crippen molar-refractivity contribution in [1.82, 2.24) is 0 Å². The first kappa shape index (κ1) is 13.9. The van der Waals surface area contributed by atoms with Crippen LogP contribution in [0.4, 0.5) is 0 Å². The van der Waals surface area contributed by atoms with E-state index in [1.165, 1.54) is 0 Å². The minimum absolute atomic E-state index is 0.0694. The number of hydrogen-bond acceptors (Lipinski definition) is 3. The highest BCUT2D eigenvalue weighted by Gasteiger charge is 2.35. The molecule has 0 spiro atoms. The van der Waals surface area contributed by atoms with Crippen molar-refractivity contribution in [2.75, 3.05) is 0 Å². The highest BCUT2D eigenvalue weighted by atomic mass is 16.6. The highest BCUT2D eigenvalue weighted by molar-refractivity contribution is 5.89. The average Bonchev–Trinajstić information content (AvgIpc) is 2.47. The Kier molecular flexibility index (Phi) is 4.49. The third-order valence-electron chi connectivity index (χ3n) is 2.95. The van der Waals surface area contributed by atoms with Crippen LogP contribution in [0, 0.1) is 11.8 Å². The molecule has 3 nitrogen and oxygen atoms in total. The van der Waals surface area contributed by atoms with Crippen LogP contribution in [0.15, 0.2) is 12.7 Å². The summed E-state index contributed by atoms with van der Waals surface area (Å²) in [4.78, 5) is 23.6. The Morgan fingerprint density at radius 2 is 2.00 bits per heavy atom. The van der Waals surface area contributed by atoms with Crippen LogP contribution in [0.5, 0.6) is 0 Å². The monoisotopic (exact) mass is 238 g/mol. The van der Waals surface area contributed by atoms with Gasteiger partial charge in [-0.2, -0.15) is 0 Å². The summed E-state index contributed by atoms with van der Waals surface area (Å²) in [6.07, 6.45) is 4.40. The molecule has 1 rings (SSSR count). The number of carbonyl (C=O) groups is 2. The fourth-order valence-corrected chi connectivity index (χ4v) is 2.24. The normalized spacial score (nSPS) is 24.8. The number of esters is 1. The molecule has 0 heterocycles. The Balaban J connectivity index is 2.46. The third-order valence-corrected chi connectivity index (χ3v) is 2.95. The molecule has 2 atom stereocenters. The van der Waals surface area contributed by atoms with Crippen molar-refractivity contribution in [1.29, 1.82) is 0 Å². The molecule has 0 saturated heterocycles. The zero-order valence-electron chi connectivity index (χ0n) is 11.0. The molecule has 0 aromatic heterocycles. The van der Waals surface area contributed by atoms with Crippen molar-refractivity contribution < 1.29 is 14.3 Å². The van der Waals surface area contributed by atoms with Crippen LogP contribution in [0.25, 0.3) is 0 Å². The van der Waals surface area contributed by atoms with Crippen molar-refractivity contribution in [3.63, 3.8) is 0 Å². The third kappa shape index (κ3) is 4.33. The maximum atomic E-state index is 11.9. The van der Waals surface area contributed by atoms with E-state index in [2.05, 4.69) is 6.58 Å². The van der Waals surface area contributed by atoms with Gasteiger partial charge in [0.15, 0.2) is 0 Å². The molecule has 1 aliphatic carbocycles. The van der Waals surface area contributed by atoms with Gasteiger partial charge in [-0.3, -0.25) is 9.59 Å². The standard InChI is InChI=1S/C14H22O3/c1-5-6-10-7-8-11(13(10)16)9-12(15)17-14(2,3)4/h5,10-11H,1,6-9H2,2-4H3. The molecular weight excluding hydrogens is 216 g/mol. The second-order valence-corrected chi connectivity index (χ2v) is 5.69. The fraction of sp³-hybridized carbons (Fsp3) is 0.714. The van der Waals surface area contributed by atoms with E-state index in [0.717, 1.165) is 19.3 Å². The molecule has 0 N–H and O–H groups in total. The van der Waals surface area contributed by atoms with Gasteiger partial charge < -0.3 is 4.74 Å². The van der Waals surface area contributed by atoms with Gasteiger partial charge in [0.25, 0.3) is 0 Å². The molecule has 1 fully saturated rings. The first-order valence-electron chi connectivity index (χ1n) is 6.20. The Hall–Kier alpha value is -1.12. The lowest BCUT2D eigenvalue weighted by molar-refractivity contribution is -0.157. The zero-order valence-corrected chi connectivity index (χ0v) is 11.0. The van der Waals surface area contributed by atoms with Crippen molar-refractivity contribution in [2.45, 2.75) is 52.1 Å². The van der Waals surface area contributed by atoms with Crippen molar-refractivity contribution in [3.05, 3.63) is 12.7 Å². The lowest BCUT2D eigenvalue weighted by Gasteiger charge is -2.20. The van der Waals surface area contributed by atoms with Crippen molar-refractivity contribution in [3.8, 4) is 0 Å². The number of hydrogen-bond donors (Lipinski definition) is 0. The van der Waals surface area contributed by atoms with E-state index in [1.54, 1.807) is 6.08 Å². The van der Waals surface area contributed by atoms with E-state index in [4.69, 9.17) is 4.74 Å². The average molecular weight is 238 g/mol. The maximum absolute atomic E-state index is 11.9. The summed E-state index contributed by atoms with van der Waals surface area (Å²) >= 11 is 0. The van der Waals surface area contributed by atoms with E-state index in [1.807, 2.05) is 20.8 Å². The molecule has 3 heteroatoms. The van der Waals surface area contributed by atoms with Crippen LogP contribution in [-0.4, -0.2) is 17.4 Å². The summed E-state index contributed by atoms with van der Waals surface area (Å²) < 4.78 is 5.23. The predicted molar refractivity (Wildman–Crippen MR) is 66.5 cm³/mol. The number of rotatable bonds is 4. The molecule has 2 unspecified atom stereocenters. The lowest BCUT2D eigenvalue weighted by atomic mass is 9.98. The molecule has 0 aliphatic heterocycles. The highest BCUT2D eigenvalue weighted by Crippen LogP contribution is 2.32. The maximum Gasteiger partial charge on any atom is 0.307 e. The number of carbonyl (C=O) groups excluding carboxylic acids is 2. The quantitative estimate of drug-likeness (QED) is 0.558. The van der Waals surface area contributed by atoms with Gasteiger partial charge in [0.2, 0.25) is 0 Å². The van der Waals surface area contributed by atoms with Gasteiger partial charge in [-0.25, -0.2) is 0 Å². The van der Waals surface area contributed by atoms with Crippen molar-refractivity contribution >= 4 is 11.8 Å².